The van der Waals surface area contributed by atoms with E-state index in [4.69, 9.17) is 0 Å². The van der Waals surface area contributed by atoms with Crippen LogP contribution in [0.25, 0.3) is 0 Å². The molecular weight excluding hydrogens is 393 g/mol. The van der Waals surface area contributed by atoms with Crippen LogP contribution in [-0.4, -0.2) is 6.18 Å². The number of alkyl halides is 3. The normalized spacial score (nSPS) is 27.4. The van der Waals surface area contributed by atoms with E-state index in [1.165, 1.54) is 102 Å². The van der Waals surface area contributed by atoms with E-state index in [0.29, 0.717) is 11.5 Å². The van der Waals surface area contributed by atoms with Gasteiger partial charge in [0.25, 0.3) is 0 Å². The molecule has 1 aromatic carbocycles. The Kier molecular flexibility index (Phi) is 9.78. The molecule has 0 aliphatic heterocycles. The Morgan fingerprint density at radius 3 is 1.84 bits per heavy atom. The highest BCUT2D eigenvalue weighted by molar-refractivity contribution is 5.26. The van der Waals surface area contributed by atoms with Gasteiger partial charge in [-0.15, -0.1) is 0 Å². The van der Waals surface area contributed by atoms with Gasteiger partial charge in [-0.25, -0.2) is 0 Å². The lowest BCUT2D eigenvalue weighted by atomic mass is 9.68. The van der Waals surface area contributed by atoms with E-state index in [0.717, 1.165) is 17.8 Å². The summed E-state index contributed by atoms with van der Waals surface area (Å²) in [4.78, 5) is 0. The first-order valence-corrected chi connectivity index (χ1v) is 13.1. The van der Waals surface area contributed by atoms with Gasteiger partial charge < -0.3 is 0 Å². The van der Waals surface area contributed by atoms with E-state index >= 15 is 0 Å². The van der Waals surface area contributed by atoms with Crippen LogP contribution in [0.15, 0.2) is 24.3 Å². The molecule has 1 aromatic rings. The average Bonchev–Trinajstić information content (AvgIpc) is 2.76. The van der Waals surface area contributed by atoms with Gasteiger partial charge in [0.2, 0.25) is 0 Å². The van der Waals surface area contributed by atoms with Crippen LogP contribution in [-0.2, 0) is 6.42 Å². The lowest BCUT2D eigenvalue weighted by Crippen LogP contribution is -2.25. The molecule has 0 unspecified atom stereocenters. The number of rotatable bonds is 10. The van der Waals surface area contributed by atoms with Crippen LogP contribution in [0.2, 0.25) is 0 Å². The molecule has 2 aliphatic rings. The largest absolute Gasteiger partial charge is 0.393 e. The smallest absolute Gasteiger partial charge is 0.171 e. The van der Waals surface area contributed by atoms with E-state index in [-0.39, 0.29) is 0 Å². The summed E-state index contributed by atoms with van der Waals surface area (Å²) < 4.78 is 37.7. The molecule has 2 fully saturated rings. The van der Waals surface area contributed by atoms with Gasteiger partial charge >= 0.3 is 6.18 Å². The first-order chi connectivity index (χ1) is 14.9. The van der Waals surface area contributed by atoms with Gasteiger partial charge in [0, 0.05) is 0 Å². The molecule has 0 radical (unpaired) electrons. The fourth-order valence-corrected chi connectivity index (χ4v) is 6.22. The third-order valence-corrected chi connectivity index (χ3v) is 8.15. The highest BCUT2D eigenvalue weighted by Gasteiger charge is 2.31. The molecule has 0 bridgehead atoms. The highest BCUT2D eigenvalue weighted by atomic mass is 19.4. The van der Waals surface area contributed by atoms with Crippen molar-refractivity contribution >= 4 is 0 Å². The number of hydrogen-bond donors (Lipinski definition) is 0. The maximum Gasteiger partial charge on any atom is 0.393 e. The molecule has 0 aromatic heterocycles. The number of hydrogen-bond acceptors (Lipinski definition) is 0. The molecule has 0 amide bonds. The summed E-state index contributed by atoms with van der Waals surface area (Å²) in [5, 5.41) is 0. The maximum absolute atomic E-state index is 12.6. The fourth-order valence-electron chi connectivity index (χ4n) is 6.22. The zero-order valence-electron chi connectivity index (χ0n) is 19.6. The molecule has 31 heavy (non-hydrogen) atoms. The molecule has 0 heterocycles. The Morgan fingerprint density at radius 1 is 0.710 bits per heavy atom. The summed E-state index contributed by atoms with van der Waals surface area (Å²) in [5.41, 5.74) is 1.62. The van der Waals surface area contributed by atoms with E-state index < -0.39 is 12.6 Å². The Balaban J connectivity index is 1.33. The van der Waals surface area contributed by atoms with Gasteiger partial charge in [-0.1, -0.05) is 89.0 Å². The second-order valence-corrected chi connectivity index (χ2v) is 10.5. The van der Waals surface area contributed by atoms with Gasteiger partial charge in [0.05, 0.1) is 6.42 Å². The SMILES string of the molecule is CCCCCCCC[C@H]1CC[C@H]([C@H]2CC[C@H](c3ccc(CC(F)(F)F)cc3)CC2)CC1. The minimum absolute atomic E-state index is 0.377. The highest BCUT2D eigenvalue weighted by Crippen LogP contribution is 2.44. The summed E-state index contributed by atoms with van der Waals surface area (Å²) in [6, 6.07) is 7.25. The minimum Gasteiger partial charge on any atom is -0.171 e. The molecular formula is C28H43F3. The van der Waals surface area contributed by atoms with Crippen LogP contribution in [0.3, 0.4) is 0 Å². The predicted molar refractivity (Wildman–Crippen MR) is 124 cm³/mol. The van der Waals surface area contributed by atoms with Crippen LogP contribution in [0.1, 0.15) is 120 Å². The van der Waals surface area contributed by atoms with E-state index in [1.807, 2.05) is 12.1 Å². The monoisotopic (exact) mass is 436 g/mol. The maximum atomic E-state index is 12.6. The van der Waals surface area contributed by atoms with Gasteiger partial charge in [-0.3, -0.25) is 0 Å². The third kappa shape index (κ3) is 8.46. The Hall–Kier alpha value is -0.990. The Bertz CT molecular complexity index is 602. The van der Waals surface area contributed by atoms with Crippen molar-refractivity contribution in [1.82, 2.24) is 0 Å². The second kappa shape index (κ2) is 12.3. The quantitative estimate of drug-likeness (QED) is 0.320. The zero-order valence-corrected chi connectivity index (χ0v) is 19.6. The van der Waals surface area contributed by atoms with Crippen LogP contribution >= 0.6 is 0 Å². The molecule has 0 saturated heterocycles. The average molecular weight is 437 g/mol. The van der Waals surface area contributed by atoms with Crippen molar-refractivity contribution in [3.8, 4) is 0 Å². The van der Waals surface area contributed by atoms with Crippen LogP contribution < -0.4 is 0 Å². The molecule has 0 atom stereocenters. The fraction of sp³-hybridized carbons (Fsp3) is 0.786. The first-order valence-electron chi connectivity index (χ1n) is 13.1. The lowest BCUT2D eigenvalue weighted by molar-refractivity contribution is -0.127. The predicted octanol–water partition coefficient (Wildman–Crippen LogP) is 9.62. The second-order valence-electron chi connectivity index (χ2n) is 10.5. The van der Waals surface area contributed by atoms with E-state index in [2.05, 4.69) is 6.92 Å². The Labute approximate surface area is 188 Å². The van der Waals surface area contributed by atoms with Gasteiger partial charge in [0.15, 0.2) is 0 Å². The van der Waals surface area contributed by atoms with Crippen LogP contribution in [0.4, 0.5) is 13.2 Å². The topological polar surface area (TPSA) is 0 Å². The van der Waals surface area contributed by atoms with Crippen molar-refractivity contribution in [1.29, 1.82) is 0 Å². The van der Waals surface area contributed by atoms with Crippen molar-refractivity contribution in [2.75, 3.05) is 0 Å². The third-order valence-electron chi connectivity index (χ3n) is 8.15. The summed E-state index contributed by atoms with van der Waals surface area (Å²) in [6.45, 7) is 2.28. The molecule has 2 aliphatic carbocycles. The summed E-state index contributed by atoms with van der Waals surface area (Å²) >= 11 is 0. The van der Waals surface area contributed by atoms with Crippen molar-refractivity contribution < 1.29 is 13.2 Å². The van der Waals surface area contributed by atoms with Crippen molar-refractivity contribution in [2.45, 2.75) is 122 Å². The summed E-state index contributed by atoms with van der Waals surface area (Å²) in [6.07, 6.45) is 15.8. The van der Waals surface area contributed by atoms with Gasteiger partial charge in [-0.05, 0) is 73.3 Å². The zero-order chi connectivity index (χ0) is 22.1. The van der Waals surface area contributed by atoms with Gasteiger partial charge in [0.1, 0.15) is 0 Å². The molecule has 0 N–H and O–H groups in total. The number of unbranched alkanes of at least 4 members (excludes halogenated alkanes) is 5. The molecule has 176 valence electrons. The standard InChI is InChI=1S/C28H43F3/c1-2-3-4-5-6-7-8-22-9-13-24(14-10-22)26-17-19-27(20-18-26)25-15-11-23(12-16-25)21-28(29,30)31/h11-12,15-16,22,24,26-27H,2-10,13-14,17-21H2,1H3/t22-,24-,26-,27-. The number of halogens is 3. The first kappa shape index (κ1) is 24.6. The van der Waals surface area contributed by atoms with Crippen LogP contribution in [0, 0.1) is 17.8 Å². The molecule has 0 spiro atoms. The summed E-state index contributed by atoms with van der Waals surface area (Å²) in [7, 11) is 0. The molecule has 3 heteroatoms. The molecule has 3 rings (SSSR count). The van der Waals surface area contributed by atoms with E-state index in [1.54, 1.807) is 12.1 Å². The molecule has 0 nitrogen and oxygen atoms in total. The van der Waals surface area contributed by atoms with Crippen LogP contribution in [0.5, 0.6) is 0 Å². The van der Waals surface area contributed by atoms with Crippen molar-refractivity contribution in [3.05, 3.63) is 35.4 Å². The summed E-state index contributed by atoms with van der Waals surface area (Å²) in [5.74, 6) is 3.33. The minimum atomic E-state index is -4.12. The molecule has 2 saturated carbocycles. The Morgan fingerprint density at radius 2 is 1.26 bits per heavy atom. The number of benzene rings is 1. The van der Waals surface area contributed by atoms with E-state index in [9.17, 15) is 13.2 Å². The lowest BCUT2D eigenvalue weighted by Gasteiger charge is -2.38. The van der Waals surface area contributed by atoms with Crippen molar-refractivity contribution in [2.24, 2.45) is 17.8 Å². The van der Waals surface area contributed by atoms with Crippen molar-refractivity contribution in [3.63, 3.8) is 0 Å². The van der Waals surface area contributed by atoms with Gasteiger partial charge in [-0.2, -0.15) is 13.2 Å².